The second kappa shape index (κ2) is 8.52. The molecule has 0 radical (unpaired) electrons. The molecule has 2 fully saturated rings. The van der Waals surface area contributed by atoms with Crippen molar-refractivity contribution in [3.8, 4) is 5.69 Å². The fourth-order valence-corrected chi connectivity index (χ4v) is 4.54. The Morgan fingerprint density at radius 3 is 2.47 bits per heavy atom. The zero-order chi connectivity index (χ0) is 23.1. The Labute approximate surface area is 196 Å². The van der Waals surface area contributed by atoms with Crippen molar-refractivity contribution < 1.29 is 9.18 Å². The van der Waals surface area contributed by atoms with Gasteiger partial charge in [-0.2, -0.15) is 5.10 Å². The second-order valence-electron chi connectivity index (χ2n) is 8.95. The molecule has 1 aliphatic heterocycles. The number of halogens is 1. The summed E-state index contributed by atoms with van der Waals surface area (Å²) in [6, 6.07) is 15.8. The molecule has 1 saturated heterocycles. The first-order valence-corrected chi connectivity index (χ1v) is 11.8. The zero-order valence-electron chi connectivity index (χ0n) is 18.8. The van der Waals surface area contributed by atoms with E-state index in [9.17, 15) is 9.18 Å². The summed E-state index contributed by atoms with van der Waals surface area (Å²) < 4.78 is 15.2. The van der Waals surface area contributed by atoms with Gasteiger partial charge in [0.15, 0.2) is 5.65 Å². The van der Waals surface area contributed by atoms with Crippen molar-refractivity contribution in [2.75, 3.05) is 31.1 Å². The summed E-state index contributed by atoms with van der Waals surface area (Å²) in [5, 5.41) is 5.57. The van der Waals surface area contributed by atoms with Gasteiger partial charge in [0.25, 0.3) is 5.91 Å². The van der Waals surface area contributed by atoms with E-state index in [0.717, 1.165) is 54.2 Å². The molecule has 3 heterocycles. The van der Waals surface area contributed by atoms with Crippen molar-refractivity contribution >= 4 is 22.8 Å². The van der Waals surface area contributed by atoms with Crippen LogP contribution in [0.25, 0.3) is 16.7 Å². The number of para-hydroxylation sites is 1. The minimum atomic E-state index is -0.339. The number of hydrogen-bond donors (Lipinski definition) is 0. The fraction of sp³-hybridized carbons (Fsp3) is 0.308. The first-order chi connectivity index (χ1) is 16.7. The van der Waals surface area contributed by atoms with Gasteiger partial charge in [-0.05, 0) is 55.7 Å². The van der Waals surface area contributed by atoms with Crippen LogP contribution in [0.3, 0.4) is 0 Å². The number of rotatable bonds is 4. The SMILES string of the molecule is O=C(c1ccc(F)cc1)N1CCCN(c2nc(C3CC3)nc3c2cnn3-c2ccccc2)CC1. The molecule has 0 spiro atoms. The number of nitrogens with zero attached hydrogens (tertiary/aromatic N) is 6. The van der Waals surface area contributed by atoms with Gasteiger partial charge in [0.2, 0.25) is 0 Å². The van der Waals surface area contributed by atoms with Crippen molar-refractivity contribution in [2.24, 2.45) is 0 Å². The monoisotopic (exact) mass is 456 g/mol. The Hall–Kier alpha value is -3.81. The molecule has 172 valence electrons. The summed E-state index contributed by atoms with van der Waals surface area (Å²) >= 11 is 0. The number of hydrogen-bond acceptors (Lipinski definition) is 5. The molecular weight excluding hydrogens is 431 g/mol. The lowest BCUT2D eigenvalue weighted by molar-refractivity contribution is 0.0767. The summed E-state index contributed by atoms with van der Waals surface area (Å²) in [6.45, 7) is 2.69. The minimum absolute atomic E-state index is 0.0646. The van der Waals surface area contributed by atoms with Crippen LogP contribution in [0.1, 0.15) is 41.4 Å². The smallest absolute Gasteiger partial charge is 0.253 e. The number of anilines is 1. The molecule has 8 heteroatoms. The van der Waals surface area contributed by atoms with Crippen LogP contribution in [0.5, 0.6) is 0 Å². The summed E-state index contributed by atoms with van der Waals surface area (Å²) in [6.07, 6.45) is 4.90. The largest absolute Gasteiger partial charge is 0.354 e. The van der Waals surface area contributed by atoms with Crippen molar-refractivity contribution in [1.29, 1.82) is 0 Å². The van der Waals surface area contributed by atoms with E-state index in [0.29, 0.717) is 31.1 Å². The fourth-order valence-electron chi connectivity index (χ4n) is 4.54. The van der Waals surface area contributed by atoms with E-state index in [-0.39, 0.29) is 11.7 Å². The highest BCUT2D eigenvalue weighted by Crippen LogP contribution is 2.40. The molecule has 2 aliphatic rings. The maximum Gasteiger partial charge on any atom is 0.253 e. The van der Waals surface area contributed by atoms with E-state index >= 15 is 0 Å². The van der Waals surface area contributed by atoms with Crippen LogP contribution in [0.4, 0.5) is 10.2 Å². The molecule has 1 aliphatic carbocycles. The Morgan fingerprint density at radius 2 is 1.71 bits per heavy atom. The van der Waals surface area contributed by atoms with E-state index in [2.05, 4.69) is 10.00 Å². The Kier molecular flexibility index (Phi) is 5.20. The van der Waals surface area contributed by atoms with Crippen molar-refractivity contribution in [1.82, 2.24) is 24.6 Å². The van der Waals surface area contributed by atoms with Crippen LogP contribution in [-0.2, 0) is 0 Å². The van der Waals surface area contributed by atoms with Gasteiger partial charge in [-0.1, -0.05) is 18.2 Å². The van der Waals surface area contributed by atoms with Crippen LogP contribution in [0, 0.1) is 5.82 Å². The van der Waals surface area contributed by atoms with Gasteiger partial charge in [0.05, 0.1) is 17.3 Å². The van der Waals surface area contributed by atoms with E-state index in [1.54, 1.807) is 12.1 Å². The topological polar surface area (TPSA) is 67.2 Å². The minimum Gasteiger partial charge on any atom is -0.354 e. The predicted octanol–water partition coefficient (Wildman–Crippen LogP) is 4.18. The Morgan fingerprint density at radius 1 is 0.912 bits per heavy atom. The molecule has 34 heavy (non-hydrogen) atoms. The lowest BCUT2D eigenvalue weighted by Crippen LogP contribution is -2.35. The molecule has 0 N–H and O–H groups in total. The molecule has 6 rings (SSSR count). The standard InChI is InChI=1S/C26H25FN6O/c27-20-11-9-19(10-12-20)26(34)32-14-4-13-31(15-16-32)24-22-17-28-33(21-5-2-1-3-6-21)25(22)30-23(29-24)18-7-8-18/h1-3,5-6,9-12,17-18H,4,7-8,13-16H2. The van der Waals surface area contributed by atoms with Crippen molar-refractivity contribution in [3.05, 3.63) is 78.0 Å². The summed E-state index contributed by atoms with van der Waals surface area (Å²) in [7, 11) is 0. The van der Waals surface area contributed by atoms with E-state index < -0.39 is 0 Å². The number of aromatic nitrogens is 4. The first-order valence-electron chi connectivity index (χ1n) is 11.8. The van der Waals surface area contributed by atoms with Crippen LogP contribution in [0.2, 0.25) is 0 Å². The third-order valence-corrected chi connectivity index (χ3v) is 6.54. The lowest BCUT2D eigenvalue weighted by atomic mass is 10.2. The van der Waals surface area contributed by atoms with Gasteiger partial charge in [-0.25, -0.2) is 19.0 Å². The molecular formula is C26H25FN6O. The van der Waals surface area contributed by atoms with Crippen LogP contribution < -0.4 is 4.90 Å². The number of fused-ring (bicyclic) bond motifs is 1. The summed E-state index contributed by atoms with van der Waals surface area (Å²) in [5.41, 5.74) is 2.30. The van der Waals surface area contributed by atoms with Gasteiger partial charge in [-0.15, -0.1) is 0 Å². The highest BCUT2D eigenvalue weighted by atomic mass is 19.1. The van der Waals surface area contributed by atoms with Crippen molar-refractivity contribution in [3.63, 3.8) is 0 Å². The van der Waals surface area contributed by atoms with E-state index in [1.165, 1.54) is 12.1 Å². The summed E-state index contributed by atoms with van der Waals surface area (Å²) in [5.74, 6) is 1.78. The molecule has 2 aromatic carbocycles. The highest BCUT2D eigenvalue weighted by molar-refractivity contribution is 5.94. The quantitative estimate of drug-likeness (QED) is 0.461. The highest BCUT2D eigenvalue weighted by Gasteiger charge is 2.30. The predicted molar refractivity (Wildman–Crippen MR) is 128 cm³/mol. The Bertz CT molecular complexity index is 1330. The zero-order valence-corrected chi connectivity index (χ0v) is 18.8. The van der Waals surface area contributed by atoms with Gasteiger partial charge in [0.1, 0.15) is 17.5 Å². The number of benzene rings is 2. The normalized spacial score (nSPS) is 16.6. The second-order valence-corrected chi connectivity index (χ2v) is 8.95. The molecule has 0 unspecified atom stereocenters. The van der Waals surface area contributed by atoms with Gasteiger partial charge >= 0.3 is 0 Å². The molecule has 4 aromatic rings. The Balaban J connectivity index is 1.31. The number of carbonyl (C=O) groups is 1. The maximum absolute atomic E-state index is 13.3. The van der Waals surface area contributed by atoms with Crippen LogP contribution in [-0.4, -0.2) is 56.7 Å². The lowest BCUT2D eigenvalue weighted by Gasteiger charge is -2.24. The van der Waals surface area contributed by atoms with E-state index in [4.69, 9.17) is 9.97 Å². The van der Waals surface area contributed by atoms with Gasteiger partial charge < -0.3 is 9.80 Å². The average molecular weight is 457 g/mol. The molecule has 0 atom stereocenters. The molecule has 0 bridgehead atoms. The maximum atomic E-state index is 13.3. The third kappa shape index (κ3) is 3.89. The number of amides is 1. The number of carbonyl (C=O) groups excluding carboxylic acids is 1. The first kappa shape index (κ1) is 20.8. The third-order valence-electron chi connectivity index (χ3n) is 6.54. The molecule has 7 nitrogen and oxygen atoms in total. The van der Waals surface area contributed by atoms with Crippen molar-refractivity contribution in [2.45, 2.75) is 25.2 Å². The average Bonchev–Trinajstić information content (AvgIpc) is 3.67. The molecule has 1 saturated carbocycles. The van der Waals surface area contributed by atoms with Crippen LogP contribution in [0.15, 0.2) is 60.8 Å². The summed E-state index contributed by atoms with van der Waals surface area (Å²) in [4.78, 5) is 27.0. The van der Waals surface area contributed by atoms with Crippen LogP contribution >= 0.6 is 0 Å². The molecule has 1 amide bonds. The molecule has 2 aromatic heterocycles. The van der Waals surface area contributed by atoms with E-state index in [1.807, 2.05) is 46.1 Å². The van der Waals surface area contributed by atoms with Gasteiger partial charge in [0, 0.05) is 37.7 Å². The van der Waals surface area contributed by atoms with Gasteiger partial charge in [-0.3, -0.25) is 4.79 Å².